The van der Waals surface area contributed by atoms with Crippen molar-refractivity contribution in [1.29, 1.82) is 0 Å². The number of methoxy groups -OCH3 is 1. The summed E-state index contributed by atoms with van der Waals surface area (Å²) >= 11 is 5.89. The van der Waals surface area contributed by atoms with E-state index in [0.29, 0.717) is 20.8 Å². The van der Waals surface area contributed by atoms with E-state index in [1.807, 2.05) is 0 Å². The Morgan fingerprint density at radius 1 is 1.11 bits per heavy atom. The average Bonchev–Trinajstić information content (AvgIpc) is 3.41. The Hall–Kier alpha value is -3.97. The molecule has 0 fully saturated rings. The summed E-state index contributed by atoms with van der Waals surface area (Å²) in [5.74, 6) is -1.11. The Kier molecular flexibility index (Phi) is 6.95. The first-order chi connectivity index (χ1) is 17.1. The van der Waals surface area contributed by atoms with Crippen LogP contribution in [-0.4, -0.2) is 59.6 Å². The highest BCUT2D eigenvalue weighted by molar-refractivity contribution is 6.30. The molecule has 1 N–H and O–H groups in total. The molecule has 2 aromatic heterocycles. The quantitative estimate of drug-likeness (QED) is 0.371. The Bertz CT molecular complexity index is 1430. The smallest absolute Gasteiger partial charge is 0.416 e. The third-order valence-corrected chi connectivity index (χ3v) is 5.32. The molecule has 0 radical (unpaired) electrons. The zero-order chi connectivity index (χ0) is 26.0. The molecule has 10 nitrogen and oxygen atoms in total. The molecule has 0 spiro atoms. The van der Waals surface area contributed by atoms with Gasteiger partial charge in [0.2, 0.25) is 5.82 Å². The van der Waals surface area contributed by atoms with Crippen molar-refractivity contribution in [3.05, 3.63) is 81.8 Å². The maximum absolute atomic E-state index is 13.1. The first-order valence-electron chi connectivity index (χ1n) is 10.4. The van der Waals surface area contributed by atoms with Gasteiger partial charge in [0.1, 0.15) is 6.54 Å². The van der Waals surface area contributed by atoms with Crippen LogP contribution in [0.15, 0.2) is 59.4 Å². The molecule has 0 aliphatic heterocycles. The van der Waals surface area contributed by atoms with Gasteiger partial charge in [0.05, 0.1) is 19.3 Å². The summed E-state index contributed by atoms with van der Waals surface area (Å²) in [6, 6.07) is 14.5. The van der Waals surface area contributed by atoms with Crippen molar-refractivity contribution in [2.45, 2.75) is 25.4 Å². The molecule has 0 amide bonds. The minimum Gasteiger partial charge on any atom is -0.463 e. The number of carbonyl (C=O) groups excluding carboxylic acids is 1. The van der Waals surface area contributed by atoms with Crippen molar-refractivity contribution >= 4 is 17.6 Å². The molecule has 0 aliphatic rings. The minimum atomic E-state index is -4.95. The van der Waals surface area contributed by atoms with Crippen molar-refractivity contribution in [2.24, 2.45) is 0 Å². The molecule has 1 atom stereocenters. The second-order valence-corrected chi connectivity index (χ2v) is 7.97. The molecule has 36 heavy (non-hydrogen) atoms. The van der Waals surface area contributed by atoms with E-state index >= 15 is 0 Å². The lowest BCUT2D eigenvalue weighted by Crippen LogP contribution is -2.37. The fourth-order valence-electron chi connectivity index (χ4n) is 3.33. The van der Waals surface area contributed by atoms with Gasteiger partial charge in [-0.2, -0.15) is 13.2 Å². The summed E-state index contributed by atoms with van der Waals surface area (Å²) in [4.78, 5) is 29.4. The molecule has 4 rings (SSSR count). The number of benzene rings is 2. The van der Waals surface area contributed by atoms with Gasteiger partial charge in [0, 0.05) is 10.6 Å². The summed E-state index contributed by atoms with van der Waals surface area (Å²) in [5, 5.41) is 18.4. The lowest BCUT2D eigenvalue weighted by molar-refractivity contribution is -0.207. The average molecular weight is 523 g/mol. The second-order valence-electron chi connectivity index (χ2n) is 7.53. The molecular weight excluding hydrogens is 505 g/mol. The van der Waals surface area contributed by atoms with Crippen LogP contribution in [0.5, 0.6) is 0 Å². The zero-order valence-corrected chi connectivity index (χ0v) is 19.3. The number of halogens is 4. The van der Waals surface area contributed by atoms with Crippen molar-refractivity contribution in [2.75, 3.05) is 7.11 Å². The van der Waals surface area contributed by atoms with Gasteiger partial charge in [-0.25, -0.2) is 23.9 Å². The number of nitrogens with zero attached hydrogens (tertiary/aromatic N) is 6. The van der Waals surface area contributed by atoms with E-state index in [1.54, 1.807) is 30.3 Å². The maximum Gasteiger partial charge on any atom is 0.416 e. The van der Waals surface area contributed by atoms with Crippen LogP contribution >= 0.6 is 11.6 Å². The van der Waals surface area contributed by atoms with Gasteiger partial charge >= 0.3 is 17.8 Å². The topological polar surface area (TPSA) is 117 Å². The summed E-state index contributed by atoms with van der Waals surface area (Å²) in [6.07, 6.45) is -7.76. The van der Waals surface area contributed by atoms with Crippen LogP contribution in [0.3, 0.4) is 0 Å². The number of carbonyl (C=O) groups is 1. The van der Waals surface area contributed by atoms with Gasteiger partial charge in [0.25, 0.3) is 0 Å². The minimum absolute atomic E-state index is 0.0231. The predicted octanol–water partition coefficient (Wildman–Crippen LogP) is 2.70. The summed E-state index contributed by atoms with van der Waals surface area (Å²) in [6.45, 7) is -1.46. The van der Waals surface area contributed by atoms with Crippen LogP contribution in [0.25, 0.3) is 17.1 Å². The fourth-order valence-corrected chi connectivity index (χ4v) is 3.45. The summed E-state index contributed by atoms with van der Waals surface area (Å²) in [7, 11) is 1.17. The van der Waals surface area contributed by atoms with Crippen LogP contribution in [0.1, 0.15) is 16.4 Å². The standard InChI is InChI=1S/C22H18ClF3N6O4/c1-36-20(34)19-27-17(28-32(19)15-5-3-2-4-6-15)12-31-21(35)30(11-16(33)22(24,25)26)18(29-31)13-7-9-14(23)10-8-13/h2-10,16,33H,11-12H2,1H3. The number of rotatable bonds is 7. The SMILES string of the molecule is COC(=O)c1nc(Cn2nc(-c3ccc(Cl)cc3)n(CC(O)C(F)(F)F)c2=O)nn1-c1ccccc1. The number of hydrogen-bond donors (Lipinski definition) is 1. The van der Waals surface area contributed by atoms with Crippen LogP contribution in [-0.2, 0) is 17.8 Å². The number of esters is 1. The van der Waals surface area contributed by atoms with Gasteiger partial charge in [-0.3, -0.25) is 4.57 Å². The molecule has 188 valence electrons. The number of alkyl halides is 3. The van der Waals surface area contributed by atoms with Crippen molar-refractivity contribution < 1.29 is 27.8 Å². The maximum atomic E-state index is 13.1. The summed E-state index contributed by atoms with van der Waals surface area (Å²) in [5.41, 5.74) is -0.161. The molecule has 0 aliphatic carbocycles. The molecule has 14 heteroatoms. The van der Waals surface area contributed by atoms with Gasteiger partial charge < -0.3 is 9.84 Å². The Morgan fingerprint density at radius 3 is 2.39 bits per heavy atom. The van der Waals surface area contributed by atoms with Crippen LogP contribution in [0.4, 0.5) is 13.2 Å². The predicted molar refractivity (Wildman–Crippen MR) is 121 cm³/mol. The number of hydrogen-bond acceptors (Lipinski definition) is 7. The van der Waals surface area contributed by atoms with E-state index in [4.69, 9.17) is 16.3 Å². The van der Waals surface area contributed by atoms with E-state index in [2.05, 4.69) is 15.2 Å². The molecule has 2 aromatic carbocycles. The molecule has 0 bridgehead atoms. The van der Waals surface area contributed by atoms with Crippen molar-refractivity contribution in [3.63, 3.8) is 0 Å². The molecule has 4 aromatic rings. The highest BCUT2D eigenvalue weighted by Gasteiger charge is 2.39. The van der Waals surface area contributed by atoms with Crippen LogP contribution in [0.2, 0.25) is 5.02 Å². The highest BCUT2D eigenvalue weighted by atomic mass is 35.5. The van der Waals surface area contributed by atoms with E-state index in [9.17, 15) is 27.9 Å². The number of aliphatic hydroxyl groups is 1. The number of aromatic nitrogens is 6. The van der Waals surface area contributed by atoms with E-state index in [1.165, 1.54) is 36.1 Å². The second kappa shape index (κ2) is 9.95. The van der Waals surface area contributed by atoms with Gasteiger partial charge in [-0.15, -0.1) is 10.2 Å². The zero-order valence-electron chi connectivity index (χ0n) is 18.6. The Labute approximate surface area is 206 Å². The van der Waals surface area contributed by atoms with Gasteiger partial charge in [-0.05, 0) is 36.4 Å². The first-order valence-corrected chi connectivity index (χ1v) is 10.7. The van der Waals surface area contributed by atoms with E-state index in [-0.39, 0.29) is 24.0 Å². The van der Waals surface area contributed by atoms with Crippen molar-refractivity contribution in [3.8, 4) is 17.1 Å². The van der Waals surface area contributed by atoms with E-state index in [0.717, 1.165) is 4.68 Å². The first kappa shape index (κ1) is 25.1. The number of ether oxygens (including phenoxy) is 1. The van der Waals surface area contributed by atoms with Crippen LogP contribution < -0.4 is 5.69 Å². The molecule has 1 unspecified atom stereocenters. The van der Waals surface area contributed by atoms with Gasteiger partial charge in [0.15, 0.2) is 17.8 Å². The summed E-state index contributed by atoms with van der Waals surface area (Å²) < 4.78 is 46.7. The highest BCUT2D eigenvalue weighted by Crippen LogP contribution is 2.24. The Balaban J connectivity index is 1.77. The number of aliphatic hydroxyl groups excluding tert-OH is 1. The fraction of sp³-hybridized carbons (Fsp3) is 0.227. The molecule has 0 saturated heterocycles. The third kappa shape index (κ3) is 5.16. The molecular formula is C22H18ClF3N6O4. The van der Waals surface area contributed by atoms with E-state index < -0.39 is 30.5 Å². The molecule has 0 saturated carbocycles. The Morgan fingerprint density at radius 2 is 1.78 bits per heavy atom. The molecule has 2 heterocycles. The lowest BCUT2D eigenvalue weighted by atomic mass is 10.2. The lowest BCUT2D eigenvalue weighted by Gasteiger charge is -2.15. The number of para-hydroxylation sites is 1. The van der Waals surface area contributed by atoms with Crippen LogP contribution in [0, 0.1) is 0 Å². The normalized spacial score (nSPS) is 12.5. The van der Waals surface area contributed by atoms with Gasteiger partial charge in [-0.1, -0.05) is 29.8 Å². The monoisotopic (exact) mass is 522 g/mol. The van der Waals surface area contributed by atoms with Crippen molar-refractivity contribution in [1.82, 2.24) is 29.1 Å². The largest absolute Gasteiger partial charge is 0.463 e. The third-order valence-electron chi connectivity index (χ3n) is 5.07.